The molecule has 0 spiro atoms. The van der Waals surface area contributed by atoms with Crippen molar-refractivity contribution in [1.29, 1.82) is 0 Å². The molecule has 0 fully saturated rings. The standard InChI is InChI=1S/C11H12Cl3NO.C8H15N.C2H6/c12-5-7-15(8-6-13)10-3-1-9(2-4-10)11(14)16;1-5-7-9(4)8(3)6-2;1-2/h1-4H,5-8H2;6H,2-3,5,7H2,1,4H3;1-2H3. The van der Waals surface area contributed by atoms with E-state index in [0.717, 1.165) is 37.4 Å². The molecule has 27 heavy (non-hydrogen) atoms. The van der Waals surface area contributed by atoms with Gasteiger partial charge in [0.15, 0.2) is 0 Å². The molecule has 0 aliphatic heterocycles. The number of likely N-dealkylation sites (N-methyl/N-ethyl adjacent to an activating group) is 1. The fourth-order valence-electron chi connectivity index (χ4n) is 2.01. The number of hydrogen-bond acceptors (Lipinski definition) is 3. The fraction of sp³-hybridized carbons (Fsp3) is 0.476. The first-order chi connectivity index (χ1) is 12.9. The highest BCUT2D eigenvalue weighted by Gasteiger charge is 2.06. The van der Waals surface area contributed by atoms with Crippen molar-refractivity contribution in [3.63, 3.8) is 0 Å². The Morgan fingerprint density at radius 1 is 1.07 bits per heavy atom. The van der Waals surface area contributed by atoms with E-state index >= 15 is 0 Å². The van der Waals surface area contributed by atoms with Crippen molar-refractivity contribution in [3.05, 3.63) is 54.8 Å². The van der Waals surface area contributed by atoms with Crippen molar-refractivity contribution in [2.75, 3.05) is 43.3 Å². The van der Waals surface area contributed by atoms with E-state index in [-0.39, 0.29) is 0 Å². The molecule has 6 heteroatoms. The number of carbonyl (C=O) groups is 1. The summed E-state index contributed by atoms with van der Waals surface area (Å²) in [6.07, 6.45) is 2.93. The predicted octanol–water partition coefficient (Wildman–Crippen LogP) is 6.40. The van der Waals surface area contributed by atoms with Crippen LogP contribution in [0.5, 0.6) is 0 Å². The van der Waals surface area contributed by atoms with Crippen molar-refractivity contribution in [3.8, 4) is 0 Å². The van der Waals surface area contributed by atoms with E-state index in [4.69, 9.17) is 34.8 Å². The Kier molecular flexibility index (Phi) is 18.9. The van der Waals surface area contributed by atoms with Gasteiger partial charge in [-0.25, -0.2) is 0 Å². The van der Waals surface area contributed by atoms with Crippen LogP contribution >= 0.6 is 34.8 Å². The molecule has 0 aliphatic carbocycles. The van der Waals surface area contributed by atoms with Gasteiger partial charge in [-0.1, -0.05) is 33.9 Å². The number of halogens is 3. The van der Waals surface area contributed by atoms with E-state index in [1.165, 1.54) is 0 Å². The smallest absolute Gasteiger partial charge is 0.252 e. The summed E-state index contributed by atoms with van der Waals surface area (Å²) in [7, 11) is 2.02. The van der Waals surface area contributed by atoms with Gasteiger partial charge in [-0.05, 0) is 48.4 Å². The Bertz CT molecular complexity index is 527. The minimum Gasteiger partial charge on any atom is -0.375 e. The molecule has 0 N–H and O–H groups in total. The van der Waals surface area contributed by atoms with Crippen molar-refractivity contribution in [1.82, 2.24) is 4.90 Å². The van der Waals surface area contributed by atoms with Crippen LogP contribution in [0.3, 0.4) is 0 Å². The Labute approximate surface area is 180 Å². The van der Waals surface area contributed by atoms with Gasteiger partial charge in [0.1, 0.15) is 0 Å². The monoisotopic (exact) mass is 434 g/mol. The summed E-state index contributed by atoms with van der Waals surface area (Å²) >= 11 is 16.8. The molecule has 1 aromatic carbocycles. The summed E-state index contributed by atoms with van der Waals surface area (Å²) in [6.45, 7) is 16.1. The minimum absolute atomic E-state index is 0.451. The summed E-state index contributed by atoms with van der Waals surface area (Å²) in [4.78, 5) is 15.0. The van der Waals surface area contributed by atoms with Crippen molar-refractivity contribution >= 4 is 45.7 Å². The van der Waals surface area contributed by atoms with Gasteiger partial charge in [-0.3, -0.25) is 4.79 Å². The van der Waals surface area contributed by atoms with Crippen LogP contribution < -0.4 is 4.90 Å². The maximum absolute atomic E-state index is 10.9. The van der Waals surface area contributed by atoms with Gasteiger partial charge in [-0.2, -0.15) is 0 Å². The third-order valence-corrected chi connectivity index (χ3v) is 4.01. The number of nitrogens with zero attached hydrogens (tertiary/aromatic N) is 2. The zero-order chi connectivity index (χ0) is 21.2. The van der Waals surface area contributed by atoms with Gasteiger partial charge in [0, 0.05) is 55.4 Å². The second-order valence-corrected chi connectivity index (χ2v) is 6.40. The van der Waals surface area contributed by atoms with Gasteiger partial charge in [0.2, 0.25) is 0 Å². The summed E-state index contributed by atoms with van der Waals surface area (Å²) in [6, 6.07) is 7.07. The molecule has 0 unspecified atom stereocenters. The van der Waals surface area contributed by atoms with E-state index in [1.807, 2.05) is 33.0 Å². The highest BCUT2D eigenvalue weighted by atomic mass is 35.5. The Morgan fingerprint density at radius 3 is 1.89 bits per heavy atom. The maximum Gasteiger partial charge on any atom is 0.252 e. The SMILES string of the molecule is C=CC(=C)N(C)CCC.CC.O=C(Cl)c1ccc(N(CCCl)CCCl)cc1. The summed E-state index contributed by atoms with van der Waals surface area (Å²) in [5.41, 5.74) is 2.47. The van der Waals surface area contributed by atoms with E-state index < -0.39 is 5.24 Å². The van der Waals surface area contributed by atoms with Crippen molar-refractivity contribution in [2.24, 2.45) is 0 Å². The Hall–Kier alpha value is -1.16. The second-order valence-electron chi connectivity index (χ2n) is 5.30. The normalized spacial score (nSPS) is 9.15. The highest BCUT2D eigenvalue weighted by molar-refractivity contribution is 6.67. The lowest BCUT2D eigenvalue weighted by Gasteiger charge is -2.22. The average molecular weight is 436 g/mol. The van der Waals surface area contributed by atoms with Gasteiger partial charge in [-0.15, -0.1) is 23.2 Å². The molecule has 0 saturated carbocycles. The Morgan fingerprint density at radius 2 is 1.56 bits per heavy atom. The molecule has 154 valence electrons. The van der Waals surface area contributed by atoms with Gasteiger partial charge >= 0.3 is 0 Å². The highest BCUT2D eigenvalue weighted by Crippen LogP contribution is 2.16. The fourth-order valence-corrected chi connectivity index (χ4v) is 2.55. The molecule has 0 saturated heterocycles. The van der Waals surface area contributed by atoms with Crippen molar-refractivity contribution in [2.45, 2.75) is 27.2 Å². The number of rotatable bonds is 10. The molecule has 0 atom stereocenters. The first kappa shape index (κ1) is 28.1. The molecule has 0 bridgehead atoms. The summed E-state index contributed by atoms with van der Waals surface area (Å²) in [5, 5.41) is -0.451. The molecule has 0 aliphatic rings. The van der Waals surface area contributed by atoms with Crippen LogP contribution in [0.2, 0.25) is 0 Å². The lowest BCUT2D eigenvalue weighted by Crippen LogP contribution is -2.27. The molecule has 1 rings (SSSR count). The number of allylic oxidation sites excluding steroid dienone is 1. The maximum atomic E-state index is 10.9. The first-order valence-corrected chi connectivity index (χ1v) is 10.5. The lowest BCUT2D eigenvalue weighted by molar-refractivity contribution is 0.108. The predicted molar refractivity (Wildman–Crippen MR) is 124 cm³/mol. The third kappa shape index (κ3) is 12.8. The Balaban J connectivity index is 0. The lowest BCUT2D eigenvalue weighted by atomic mass is 10.2. The zero-order valence-corrected chi connectivity index (χ0v) is 19.2. The molecular weight excluding hydrogens is 403 g/mol. The first-order valence-electron chi connectivity index (χ1n) is 9.10. The topological polar surface area (TPSA) is 23.6 Å². The van der Waals surface area contributed by atoms with E-state index in [2.05, 4.69) is 29.9 Å². The van der Waals surface area contributed by atoms with Crippen LogP contribution in [0.15, 0.2) is 49.2 Å². The summed E-state index contributed by atoms with van der Waals surface area (Å²) in [5.74, 6) is 1.07. The minimum atomic E-state index is -0.451. The van der Waals surface area contributed by atoms with E-state index in [0.29, 0.717) is 17.3 Å². The molecule has 0 radical (unpaired) electrons. The number of hydrogen-bond donors (Lipinski definition) is 0. The van der Waals surface area contributed by atoms with Crippen LogP contribution in [0.1, 0.15) is 37.6 Å². The van der Waals surface area contributed by atoms with Gasteiger partial charge in [0.05, 0.1) is 0 Å². The number of alkyl halides is 2. The molecule has 3 nitrogen and oxygen atoms in total. The molecule has 0 amide bonds. The van der Waals surface area contributed by atoms with E-state index in [9.17, 15) is 4.79 Å². The number of benzene rings is 1. The molecule has 0 aromatic heterocycles. The van der Waals surface area contributed by atoms with Crippen LogP contribution in [0.4, 0.5) is 5.69 Å². The average Bonchev–Trinajstić information content (AvgIpc) is 2.69. The van der Waals surface area contributed by atoms with Crippen molar-refractivity contribution < 1.29 is 4.79 Å². The summed E-state index contributed by atoms with van der Waals surface area (Å²) < 4.78 is 0. The largest absolute Gasteiger partial charge is 0.375 e. The quantitative estimate of drug-likeness (QED) is 0.241. The van der Waals surface area contributed by atoms with Crippen LogP contribution in [-0.4, -0.2) is 48.6 Å². The second kappa shape index (κ2) is 18.2. The number of anilines is 1. The van der Waals surface area contributed by atoms with E-state index in [1.54, 1.807) is 18.2 Å². The van der Waals surface area contributed by atoms with Crippen LogP contribution in [-0.2, 0) is 0 Å². The molecule has 1 aromatic rings. The van der Waals surface area contributed by atoms with Gasteiger partial charge < -0.3 is 9.80 Å². The number of carbonyl (C=O) groups excluding carboxylic acids is 1. The van der Waals surface area contributed by atoms with Gasteiger partial charge in [0.25, 0.3) is 5.24 Å². The van der Waals surface area contributed by atoms with Crippen LogP contribution in [0, 0.1) is 0 Å². The molecular formula is C21H33Cl3N2O. The third-order valence-electron chi connectivity index (χ3n) is 3.45. The molecule has 0 heterocycles. The zero-order valence-electron chi connectivity index (χ0n) is 17.0. The van der Waals surface area contributed by atoms with Crippen LogP contribution in [0.25, 0.3) is 0 Å².